The number of nitrogens with one attached hydrogen (secondary N) is 2. The van der Waals surface area contributed by atoms with Crippen molar-refractivity contribution in [1.82, 2.24) is 19.9 Å². The minimum Gasteiger partial charge on any atom is -0.345 e. The molecule has 0 saturated carbocycles. The summed E-state index contributed by atoms with van der Waals surface area (Å²) in [5.41, 5.74) is 0.565. The standard InChI is InChI=1S/C25H13F3N6OS/c26-15-2-1-3-16(7-15)36-34-20-5-4-19(27)22(23(20)28)24(35)18-12-33-25-17(18)6-13(9-32-25)14-10-30-21(8-29)31-11-14/h1-7,9-12,34H,(H,32,33). The van der Waals surface area contributed by atoms with Crippen LogP contribution in [0.2, 0.25) is 0 Å². The average molecular weight is 502 g/mol. The van der Waals surface area contributed by atoms with Crippen molar-refractivity contribution in [2.24, 2.45) is 0 Å². The van der Waals surface area contributed by atoms with Crippen LogP contribution in [0, 0.1) is 28.8 Å². The maximum atomic E-state index is 15.3. The molecule has 5 rings (SSSR count). The number of anilines is 1. The smallest absolute Gasteiger partial charge is 0.232 e. The van der Waals surface area contributed by atoms with Crippen LogP contribution in [0.15, 0.2) is 72.1 Å². The van der Waals surface area contributed by atoms with E-state index in [-0.39, 0.29) is 17.1 Å². The third-order valence-corrected chi connectivity index (χ3v) is 6.07. The molecule has 2 N–H and O–H groups in total. The maximum absolute atomic E-state index is 15.3. The average Bonchev–Trinajstić information content (AvgIpc) is 3.32. The molecule has 0 spiro atoms. The van der Waals surface area contributed by atoms with Crippen LogP contribution in [0.1, 0.15) is 21.7 Å². The molecule has 0 amide bonds. The fourth-order valence-corrected chi connectivity index (χ4v) is 4.21. The molecule has 0 bridgehead atoms. The third-order valence-electron chi connectivity index (χ3n) is 5.25. The van der Waals surface area contributed by atoms with Crippen LogP contribution < -0.4 is 4.72 Å². The van der Waals surface area contributed by atoms with E-state index in [0.29, 0.717) is 27.1 Å². The third kappa shape index (κ3) is 4.37. The van der Waals surface area contributed by atoms with Gasteiger partial charge >= 0.3 is 0 Å². The Bertz CT molecular complexity index is 1660. The van der Waals surface area contributed by atoms with Gasteiger partial charge in [0.15, 0.2) is 5.82 Å². The lowest BCUT2D eigenvalue weighted by atomic mass is 10.0. The quantitative estimate of drug-likeness (QED) is 0.228. The molecule has 36 heavy (non-hydrogen) atoms. The van der Waals surface area contributed by atoms with Gasteiger partial charge in [0.05, 0.1) is 11.3 Å². The Hall–Kier alpha value is -4.69. The number of hydrogen-bond acceptors (Lipinski definition) is 7. The van der Waals surface area contributed by atoms with Gasteiger partial charge in [-0.15, -0.1) is 0 Å². The summed E-state index contributed by atoms with van der Waals surface area (Å²) in [6, 6.07) is 11.2. The van der Waals surface area contributed by atoms with Crippen LogP contribution >= 0.6 is 11.9 Å². The second-order valence-electron chi connectivity index (χ2n) is 7.50. The molecule has 7 nitrogen and oxygen atoms in total. The lowest BCUT2D eigenvalue weighted by molar-refractivity contribution is 0.103. The minimum atomic E-state index is -1.08. The van der Waals surface area contributed by atoms with Gasteiger partial charge in [0.1, 0.15) is 23.4 Å². The Morgan fingerprint density at radius 2 is 1.78 bits per heavy atom. The first-order valence-corrected chi connectivity index (χ1v) is 11.2. The maximum Gasteiger partial charge on any atom is 0.232 e. The van der Waals surface area contributed by atoms with Gasteiger partial charge < -0.3 is 9.71 Å². The summed E-state index contributed by atoms with van der Waals surface area (Å²) in [7, 11) is 0. The Labute approximate surface area is 206 Å². The molecule has 11 heteroatoms. The van der Waals surface area contributed by atoms with Gasteiger partial charge in [-0.05, 0) is 48.3 Å². The topological polar surface area (TPSA) is 107 Å². The first-order chi connectivity index (χ1) is 17.4. The number of pyridine rings is 1. The molecular formula is C25H13F3N6OS. The molecule has 0 aliphatic heterocycles. The number of halogens is 3. The fraction of sp³-hybridized carbons (Fsp3) is 0. The van der Waals surface area contributed by atoms with Crippen molar-refractivity contribution in [1.29, 1.82) is 5.26 Å². The number of rotatable bonds is 6. The minimum absolute atomic E-state index is 0.000280. The van der Waals surface area contributed by atoms with Gasteiger partial charge in [0.2, 0.25) is 11.6 Å². The molecule has 0 unspecified atom stereocenters. The van der Waals surface area contributed by atoms with Crippen LogP contribution in [0.25, 0.3) is 22.2 Å². The number of aromatic amines is 1. The number of nitriles is 1. The molecule has 0 radical (unpaired) electrons. The molecule has 0 atom stereocenters. The highest BCUT2D eigenvalue weighted by Crippen LogP contribution is 2.31. The highest BCUT2D eigenvalue weighted by atomic mass is 32.2. The summed E-state index contributed by atoms with van der Waals surface area (Å²) < 4.78 is 46.1. The molecule has 0 fully saturated rings. The van der Waals surface area contributed by atoms with Gasteiger partial charge in [0.25, 0.3) is 0 Å². The molecule has 176 valence electrons. The highest BCUT2D eigenvalue weighted by molar-refractivity contribution is 8.00. The first-order valence-electron chi connectivity index (χ1n) is 10.4. The van der Waals surface area contributed by atoms with Crippen LogP contribution in [0.4, 0.5) is 18.9 Å². The van der Waals surface area contributed by atoms with Gasteiger partial charge in [-0.25, -0.2) is 28.1 Å². The lowest BCUT2D eigenvalue weighted by Crippen LogP contribution is -2.09. The van der Waals surface area contributed by atoms with E-state index in [1.807, 2.05) is 6.07 Å². The van der Waals surface area contributed by atoms with Crippen molar-refractivity contribution in [3.63, 3.8) is 0 Å². The van der Waals surface area contributed by atoms with Gasteiger partial charge in [-0.2, -0.15) is 5.26 Å². The van der Waals surface area contributed by atoms with Crippen molar-refractivity contribution in [2.75, 3.05) is 4.72 Å². The largest absolute Gasteiger partial charge is 0.345 e. The Kier molecular flexibility index (Phi) is 6.10. The molecular weight excluding hydrogens is 489 g/mol. The molecule has 2 aromatic carbocycles. The van der Waals surface area contributed by atoms with Gasteiger partial charge in [-0.1, -0.05) is 6.07 Å². The second kappa shape index (κ2) is 9.52. The molecule has 5 aromatic rings. The van der Waals surface area contributed by atoms with Crippen LogP contribution in [-0.2, 0) is 0 Å². The fourth-order valence-electron chi connectivity index (χ4n) is 3.50. The van der Waals surface area contributed by atoms with Crippen LogP contribution in [0.5, 0.6) is 0 Å². The van der Waals surface area contributed by atoms with Crippen molar-refractivity contribution in [2.45, 2.75) is 4.90 Å². The lowest BCUT2D eigenvalue weighted by Gasteiger charge is -2.11. The summed E-state index contributed by atoms with van der Waals surface area (Å²) in [5.74, 6) is -3.45. The van der Waals surface area contributed by atoms with Crippen LogP contribution in [0.3, 0.4) is 0 Å². The van der Waals surface area contributed by atoms with Crippen molar-refractivity contribution in [3.05, 3.63) is 102 Å². The van der Waals surface area contributed by atoms with Gasteiger partial charge in [0, 0.05) is 51.8 Å². The molecule has 0 aliphatic rings. The van der Waals surface area contributed by atoms with E-state index in [0.717, 1.165) is 24.1 Å². The zero-order valence-corrected chi connectivity index (χ0v) is 18.9. The van der Waals surface area contributed by atoms with Crippen LogP contribution in [-0.4, -0.2) is 25.7 Å². The van der Waals surface area contributed by atoms with Crippen molar-refractivity contribution >= 4 is 34.5 Å². The van der Waals surface area contributed by atoms with E-state index in [2.05, 4.69) is 24.7 Å². The molecule has 0 aliphatic carbocycles. The molecule has 3 aromatic heterocycles. The number of fused-ring (bicyclic) bond motifs is 1. The number of nitrogens with zero attached hydrogens (tertiary/aromatic N) is 4. The monoisotopic (exact) mass is 502 g/mol. The zero-order chi connectivity index (χ0) is 25.2. The molecule has 0 saturated heterocycles. The number of ketones is 1. The number of benzene rings is 2. The van der Waals surface area contributed by atoms with E-state index < -0.39 is 28.8 Å². The second-order valence-corrected chi connectivity index (χ2v) is 8.38. The predicted octanol–water partition coefficient (Wildman–Crippen LogP) is 5.66. The SMILES string of the molecule is N#Cc1ncc(-c2cnc3[nH]cc(C(=O)c4c(F)ccc(NSc5cccc(F)c5)c4F)c3c2)cn1. The van der Waals surface area contributed by atoms with Crippen molar-refractivity contribution < 1.29 is 18.0 Å². The van der Waals surface area contributed by atoms with Crippen molar-refractivity contribution in [3.8, 4) is 17.2 Å². The Morgan fingerprint density at radius 3 is 2.53 bits per heavy atom. The first kappa shape index (κ1) is 23.1. The van der Waals surface area contributed by atoms with E-state index in [9.17, 15) is 13.6 Å². The van der Waals surface area contributed by atoms with E-state index in [4.69, 9.17) is 5.26 Å². The van der Waals surface area contributed by atoms with E-state index in [1.54, 1.807) is 12.1 Å². The summed E-state index contributed by atoms with van der Waals surface area (Å²) >= 11 is 0.918. The predicted molar refractivity (Wildman–Crippen MR) is 128 cm³/mol. The van der Waals surface area contributed by atoms with E-state index >= 15 is 4.39 Å². The summed E-state index contributed by atoms with van der Waals surface area (Å²) in [5, 5.41) is 9.22. The Morgan fingerprint density at radius 1 is 1.00 bits per heavy atom. The zero-order valence-electron chi connectivity index (χ0n) is 18.1. The number of hydrogen-bond donors (Lipinski definition) is 2. The van der Waals surface area contributed by atoms with E-state index in [1.165, 1.54) is 43.0 Å². The number of H-pyrrole nitrogens is 1. The number of aromatic nitrogens is 4. The normalized spacial score (nSPS) is 10.8. The number of carbonyl (C=O) groups excluding carboxylic acids is 1. The Balaban J connectivity index is 1.49. The summed E-state index contributed by atoms with van der Waals surface area (Å²) in [4.78, 5) is 28.7. The summed E-state index contributed by atoms with van der Waals surface area (Å²) in [6.45, 7) is 0. The molecule has 3 heterocycles. The highest BCUT2D eigenvalue weighted by Gasteiger charge is 2.25. The number of carbonyl (C=O) groups is 1. The summed E-state index contributed by atoms with van der Waals surface area (Å²) in [6.07, 6.45) is 5.73. The van der Waals surface area contributed by atoms with Gasteiger partial charge in [-0.3, -0.25) is 4.79 Å².